The molecule has 2 aliphatic rings. The van der Waals surface area contributed by atoms with Crippen molar-refractivity contribution in [2.45, 2.75) is 18.6 Å². The Morgan fingerprint density at radius 3 is 2.46 bits per heavy atom. The molecule has 0 spiro atoms. The van der Waals surface area contributed by atoms with Gasteiger partial charge in [-0.1, -0.05) is 0 Å². The van der Waals surface area contributed by atoms with E-state index in [1.54, 1.807) is 11.0 Å². The van der Waals surface area contributed by atoms with E-state index in [1.165, 1.54) is 24.5 Å². The second-order valence-electron chi connectivity index (χ2n) is 9.30. The standard InChI is InChI=1S/C24H30F4N8S/c1-33(2)17-5-7-36(15-17)20-13-21(19(25)12-16(20)14-31-32-23(29)37)34-8-10-35(11-9-34)22-18(24(26,27)28)4-3-6-30-22/h3-4,6,12-14,17H,5,7-11,15H2,1-2H3,(H3,29,32,37)/t17-/m1/s1. The zero-order valence-electron chi connectivity index (χ0n) is 20.7. The average Bonchev–Trinajstić information content (AvgIpc) is 3.34. The molecule has 0 radical (unpaired) electrons. The second kappa shape index (κ2) is 11.1. The van der Waals surface area contributed by atoms with E-state index >= 15 is 4.39 Å². The summed E-state index contributed by atoms with van der Waals surface area (Å²) in [7, 11) is 4.06. The first-order chi connectivity index (χ1) is 17.5. The molecule has 2 saturated heterocycles. The topological polar surface area (TPSA) is 76.3 Å². The second-order valence-corrected chi connectivity index (χ2v) is 9.74. The van der Waals surface area contributed by atoms with Gasteiger partial charge in [-0.2, -0.15) is 18.3 Å². The fraction of sp³-hybridized carbons (Fsp3) is 0.458. The third-order valence-electron chi connectivity index (χ3n) is 6.72. The molecule has 3 N–H and O–H groups in total. The van der Waals surface area contributed by atoms with Gasteiger partial charge in [0.1, 0.15) is 11.6 Å². The van der Waals surface area contributed by atoms with Gasteiger partial charge in [-0.05, 0) is 57.0 Å². The molecule has 0 bridgehead atoms. The number of nitrogens with one attached hydrogen (secondary N) is 1. The number of hydrogen-bond donors (Lipinski definition) is 2. The van der Waals surface area contributed by atoms with E-state index in [0.717, 1.165) is 31.3 Å². The lowest BCUT2D eigenvalue weighted by molar-refractivity contribution is -0.137. The van der Waals surface area contributed by atoms with Crippen LogP contribution in [0, 0.1) is 5.82 Å². The van der Waals surface area contributed by atoms with Crippen molar-refractivity contribution in [2.75, 3.05) is 68.1 Å². The number of thiocarbonyl (C=S) groups is 1. The summed E-state index contributed by atoms with van der Waals surface area (Å²) in [5.41, 5.74) is 8.97. The molecule has 13 heteroatoms. The number of likely N-dealkylation sites (N-methyl/N-ethyl adjacent to an activating group) is 1. The molecule has 4 rings (SSSR count). The van der Waals surface area contributed by atoms with Gasteiger partial charge in [0.25, 0.3) is 0 Å². The maximum absolute atomic E-state index is 15.4. The maximum atomic E-state index is 15.4. The summed E-state index contributed by atoms with van der Waals surface area (Å²) in [6.45, 7) is 2.83. The summed E-state index contributed by atoms with van der Waals surface area (Å²) < 4.78 is 55.8. The third-order valence-corrected chi connectivity index (χ3v) is 6.81. The first kappa shape index (κ1) is 26.9. The minimum atomic E-state index is -4.50. The molecule has 0 aliphatic carbocycles. The van der Waals surface area contributed by atoms with E-state index < -0.39 is 17.6 Å². The van der Waals surface area contributed by atoms with Crippen LogP contribution in [0.4, 0.5) is 34.8 Å². The summed E-state index contributed by atoms with van der Waals surface area (Å²) >= 11 is 4.79. The molecule has 37 heavy (non-hydrogen) atoms. The molecule has 1 aromatic carbocycles. The minimum absolute atomic E-state index is 0.00296. The Morgan fingerprint density at radius 1 is 1.14 bits per heavy atom. The van der Waals surface area contributed by atoms with Crippen LogP contribution in [0.5, 0.6) is 0 Å². The normalized spacial score (nSPS) is 18.8. The van der Waals surface area contributed by atoms with Crippen molar-refractivity contribution in [1.29, 1.82) is 0 Å². The number of rotatable bonds is 6. The quantitative estimate of drug-likeness (QED) is 0.252. The number of halogens is 4. The van der Waals surface area contributed by atoms with E-state index in [2.05, 4.69) is 25.3 Å². The monoisotopic (exact) mass is 538 g/mol. The fourth-order valence-electron chi connectivity index (χ4n) is 4.76. The van der Waals surface area contributed by atoms with E-state index in [0.29, 0.717) is 30.4 Å². The van der Waals surface area contributed by atoms with Crippen molar-refractivity contribution in [3.63, 3.8) is 0 Å². The van der Waals surface area contributed by atoms with Gasteiger partial charge in [0.05, 0.1) is 17.5 Å². The molecule has 2 aliphatic heterocycles. The van der Waals surface area contributed by atoms with Crippen molar-refractivity contribution in [1.82, 2.24) is 15.3 Å². The van der Waals surface area contributed by atoms with E-state index in [-0.39, 0.29) is 24.0 Å². The number of anilines is 3. The van der Waals surface area contributed by atoms with Crippen LogP contribution in [0.3, 0.4) is 0 Å². The fourth-order valence-corrected chi connectivity index (χ4v) is 4.82. The van der Waals surface area contributed by atoms with Crippen LogP contribution < -0.4 is 25.9 Å². The van der Waals surface area contributed by atoms with Gasteiger partial charge in [0, 0.05) is 62.8 Å². The molecule has 2 fully saturated rings. The van der Waals surface area contributed by atoms with Crippen LogP contribution in [-0.2, 0) is 6.18 Å². The van der Waals surface area contributed by atoms with Crippen LogP contribution in [-0.4, -0.2) is 80.6 Å². The minimum Gasteiger partial charge on any atom is -0.375 e. The van der Waals surface area contributed by atoms with Crippen LogP contribution >= 0.6 is 12.2 Å². The van der Waals surface area contributed by atoms with Gasteiger partial charge in [-0.3, -0.25) is 5.43 Å². The lowest BCUT2D eigenvalue weighted by Crippen LogP contribution is -2.47. The van der Waals surface area contributed by atoms with Crippen LogP contribution in [0.1, 0.15) is 17.5 Å². The Hall–Kier alpha value is -3.19. The van der Waals surface area contributed by atoms with E-state index in [1.807, 2.05) is 19.0 Å². The van der Waals surface area contributed by atoms with Crippen LogP contribution in [0.2, 0.25) is 0 Å². The number of pyridine rings is 1. The van der Waals surface area contributed by atoms with Gasteiger partial charge in [-0.15, -0.1) is 0 Å². The van der Waals surface area contributed by atoms with Gasteiger partial charge >= 0.3 is 6.18 Å². The number of piperazine rings is 1. The zero-order valence-corrected chi connectivity index (χ0v) is 21.5. The highest BCUT2D eigenvalue weighted by Gasteiger charge is 2.36. The SMILES string of the molecule is CN(C)[C@@H]1CCN(c2cc(N3CCN(c4ncccc4C(F)(F)F)CC3)c(F)cc2C=NNC(N)=S)C1. The molecular weight excluding hydrogens is 508 g/mol. The molecule has 0 unspecified atom stereocenters. The first-order valence-corrected chi connectivity index (χ1v) is 12.3. The predicted octanol–water partition coefficient (Wildman–Crippen LogP) is 2.87. The van der Waals surface area contributed by atoms with Crippen molar-refractivity contribution >= 4 is 40.7 Å². The third kappa shape index (κ3) is 6.21. The smallest absolute Gasteiger partial charge is 0.375 e. The summed E-state index contributed by atoms with van der Waals surface area (Å²) in [6, 6.07) is 5.89. The Morgan fingerprint density at radius 2 is 1.84 bits per heavy atom. The largest absolute Gasteiger partial charge is 0.419 e. The van der Waals surface area contributed by atoms with Gasteiger partial charge in [0.15, 0.2) is 5.11 Å². The number of benzene rings is 1. The molecule has 0 amide bonds. The first-order valence-electron chi connectivity index (χ1n) is 11.9. The van der Waals surface area contributed by atoms with Gasteiger partial charge in [-0.25, -0.2) is 9.37 Å². The van der Waals surface area contributed by atoms with Crippen molar-refractivity contribution < 1.29 is 17.6 Å². The average molecular weight is 539 g/mol. The number of aromatic nitrogens is 1. The molecule has 1 atom stereocenters. The van der Waals surface area contributed by atoms with Crippen LogP contribution in [0.25, 0.3) is 0 Å². The number of hydrazone groups is 1. The lowest BCUT2D eigenvalue weighted by atomic mass is 10.1. The maximum Gasteiger partial charge on any atom is 0.419 e. The Bertz CT molecular complexity index is 1150. The van der Waals surface area contributed by atoms with Crippen molar-refractivity contribution in [3.05, 3.63) is 47.4 Å². The molecular formula is C24H30F4N8S. The summed E-state index contributed by atoms with van der Waals surface area (Å²) in [6.07, 6.45) is -0.693. The number of hydrogen-bond acceptors (Lipinski definition) is 7. The molecule has 2 aromatic rings. The summed E-state index contributed by atoms with van der Waals surface area (Å²) in [5.74, 6) is -0.536. The molecule has 3 heterocycles. The van der Waals surface area contributed by atoms with Crippen molar-refractivity contribution in [3.8, 4) is 0 Å². The summed E-state index contributed by atoms with van der Waals surface area (Å²) in [4.78, 5) is 11.8. The molecule has 0 saturated carbocycles. The van der Waals surface area contributed by atoms with E-state index in [9.17, 15) is 13.2 Å². The Labute approximate surface area is 218 Å². The molecule has 200 valence electrons. The number of nitrogens with two attached hydrogens (primary N) is 1. The highest BCUT2D eigenvalue weighted by Crippen LogP contribution is 2.36. The number of alkyl halides is 3. The van der Waals surface area contributed by atoms with E-state index in [4.69, 9.17) is 18.0 Å². The van der Waals surface area contributed by atoms with Gasteiger partial charge in [0.2, 0.25) is 0 Å². The van der Waals surface area contributed by atoms with Gasteiger partial charge < -0.3 is 25.3 Å². The Kier molecular flexibility index (Phi) is 8.02. The Balaban J connectivity index is 1.58. The highest BCUT2D eigenvalue weighted by atomic mass is 32.1. The highest BCUT2D eigenvalue weighted by molar-refractivity contribution is 7.80. The van der Waals surface area contributed by atoms with Crippen LogP contribution in [0.15, 0.2) is 35.6 Å². The molecule has 8 nitrogen and oxygen atoms in total. The lowest BCUT2D eigenvalue weighted by Gasteiger charge is -2.38. The predicted molar refractivity (Wildman–Crippen MR) is 142 cm³/mol. The van der Waals surface area contributed by atoms with Crippen molar-refractivity contribution in [2.24, 2.45) is 10.8 Å². The zero-order chi connectivity index (χ0) is 26.7. The summed E-state index contributed by atoms with van der Waals surface area (Å²) in [5, 5.41) is 4.02. The molecule has 1 aromatic heterocycles. The number of nitrogens with zero attached hydrogens (tertiary/aromatic N) is 6.